The number of nitrogens with one attached hydrogen (secondary N) is 1. The molecule has 9 nitrogen and oxygen atoms in total. The van der Waals surface area contributed by atoms with Crippen molar-refractivity contribution in [3.05, 3.63) is 89.9 Å². The van der Waals surface area contributed by atoms with E-state index in [9.17, 15) is 14.7 Å². The Labute approximate surface area is 214 Å². The van der Waals surface area contributed by atoms with Gasteiger partial charge in [-0.05, 0) is 41.3 Å². The number of carbonyl (C=O) groups is 2. The van der Waals surface area contributed by atoms with Crippen molar-refractivity contribution in [1.82, 2.24) is 25.0 Å². The van der Waals surface area contributed by atoms with Crippen LogP contribution in [0.2, 0.25) is 0 Å². The lowest BCUT2D eigenvalue weighted by molar-refractivity contribution is 0.0783. The Morgan fingerprint density at radius 3 is 2.38 bits per heavy atom. The summed E-state index contributed by atoms with van der Waals surface area (Å²) >= 11 is 0. The Kier molecular flexibility index (Phi) is 6.70. The third-order valence-electron chi connectivity index (χ3n) is 6.61. The highest BCUT2D eigenvalue weighted by Gasteiger charge is 2.29. The van der Waals surface area contributed by atoms with Gasteiger partial charge >= 0.3 is 0 Å². The predicted octanol–water partition coefficient (Wildman–Crippen LogP) is 2.87. The van der Waals surface area contributed by atoms with Crippen LogP contribution in [-0.4, -0.2) is 55.7 Å². The topological polar surface area (TPSA) is 126 Å². The number of benzene rings is 2. The average molecular weight is 497 g/mol. The van der Waals surface area contributed by atoms with Crippen LogP contribution >= 0.6 is 0 Å². The number of amides is 2. The van der Waals surface area contributed by atoms with Crippen LogP contribution in [0.5, 0.6) is 0 Å². The number of pyridine rings is 1. The molecule has 1 aliphatic heterocycles. The Morgan fingerprint density at radius 1 is 1.03 bits per heavy atom. The fourth-order valence-corrected chi connectivity index (χ4v) is 4.50. The normalized spacial score (nSPS) is 15.1. The summed E-state index contributed by atoms with van der Waals surface area (Å²) in [7, 11) is 1.82. The fourth-order valence-electron chi connectivity index (χ4n) is 4.50. The lowest BCUT2D eigenvalue weighted by Gasteiger charge is -2.18. The molecule has 2 amide bonds. The maximum atomic E-state index is 13.1. The van der Waals surface area contributed by atoms with Crippen LogP contribution in [-0.2, 0) is 13.7 Å². The number of hydrogen-bond donors (Lipinski definition) is 3. The molecule has 1 aliphatic rings. The van der Waals surface area contributed by atoms with Gasteiger partial charge in [0.15, 0.2) is 0 Å². The lowest BCUT2D eigenvalue weighted by atomic mass is 10.0. The lowest BCUT2D eigenvalue weighted by Crippen LogP contribution is -2.38. The molecular weight excluding hydrogens is 468 g/mol. The van der Waals surface area contributed by atoms with E-state index in [1.165, 1.54) is 0 Å². The van der Waals surface area contributed by atoms with Gasteiger partial charge in [0.1, 0.15) is 5.82 Å². The van der Waals surface area contributed by atoms with Gasteiger partial charge in [0.05, 0.1) is 18.4 Å². The van der Waals surface area contributed by atoms with Gasteiger partial charge in [0.25, 0.3) is 11.8 Å². The molecule has 188 valence electrons. The number of nitrogens with zero attached hydrogens (tertiary/aromatic N) is 4. The van der Waals surface area contributed by atoms with Crippen LogP contribution in [0.1, 0.15) is 32.7 Å². The van der Waals surface area contributed by atoms with Gasteiger partial charge in [-0.15, -0.1) is 0 Å². The van der Waals surface area contributed by atoms with E-state index >= 15 is 0 Å². The first kappa shape index (κ1) is 24.2. The van der Waals surface area contributed by atoms with E-state index in [4.69, 9.17) is 5.73 Å². The summed E-state index contributed by atoms with van der Waals surface area (Å²) < 4.78 is 1.68. The average Bonchev–Trinajstić information content (AvgIpc) is 3.58. The SMILES string of the molecule is Cn1cc(-c2cnc(N)c(C(=O)N[C@@H]3CCN(C(=O)c4ccc(-c5ccc(CO)cc5)cc4)C3)c2)cn1. The standard InChI is InChI=1S/C28H28N6O3/c1-33-15-23(14-31-33)22-12-25(26(29)30-13-22)27(36)32-24-10-11-34(16-24)28(37)21-8-6-20(7-9-21)19-4-2-18(17-35)3-5-19/h2-9,12-15,24,35H,10-11,16-17H2,1H3,(H2,29,30)(H,32,36)/t24-/m1/s1. The van der Waals surface area contributed by atoms with Gasteiger partial charge in [-0.2, -0.15) is 5.10 Å². The third-order valence-corrected chi connectivity index (χ3v) is 6.61. The molecule has 5 rings (SSSR count). The van der Waals surface area contributed by atoms with Crippen LogP contribution in [0, 0.1) is 0 Å². The Morgan fingerprint density at radius 2 is 1.73 bits per heavy atom. The van der Waals surface area contributed by atoms with Crippen LogP contribution in [0.4, 0.5) is 5.82 Å². The molecule has 0 spiro atoms. The van der Waals surface area contributed by atoms with Gasteiger partial charge in [-0.3, -0.25) is 14.3 Å². The Bertz CT molecular complexity index is 1430. The number of anilines is 1. The molecule has 1 fully saturated rings. The van der Waals surface area contributed by atoms with Crippen molar-refractivity contribution in [3.8, 4) is 22.3 Å². The number of carbonyl (C=O) groups excluding carboxylic acids is 2. The summed E-state index contributed by atoms with van der Waals surface area (Å²) in [6.45, 7) is 0.981. The Hall–Kier alpha value is -4.50. The second-order valence-electron chi connectivity index (χ2n) is 9.20. The zero-order valence-electron chi connectivity index (χ0n) is 20.5. The minimum atomic E-state index is -0.313. The van der Waals surface area contributed by atoms with Crippen LogP contribution in [0.25, 0.3) is 22.3 Å². The van der Waals surface area contributed by atoms with Crippen molar-refractivity contribution in [2.75, 3.05) is 18.8 Å². The quantitative estimate of drug-likeness (QED) is 0.377. The fraction of sp³-hybridized carbons (Fsp3) is 0.214. The molecule has 0 unspecified atom stereocenters. The number of aliphatic hydroxyl groups is 1. The van der Waals surface area contributed by atoms with Gasteiger partial charge in [-0.1, -0.05) is 36.4 Å². The molecule has 1 saturated heterocycles. The number of aromatic nitrogens is 3. The molecule has 4 aromatic rings. The summed E-state index contributed by atoms with van der Waals surface area (Å²) in [6, 6.07) is 16.7. The highest BCUT2D eigenvalue weighted by molar-refractivity contribution is 6.00. The van der Waals surface area contributed by atoms with Gasteiger partial charge in [0.2, 0.25) is 0 Å². The van der Waals surface area contributed by atoms with Crippen LogP contribution in [0.3, 0.4) is 0 Å². The molecule has 37 heavy (non-hydrogen) atoms. The molecule has 2 aromatic carbocycles. The minimum Gasteiger partial charge on any atom is -0.392 e. The summed E-state index contributed by atoms with van der Waals surface area (Å²) in [5.41, 5.74) is 11.4. The number of nitrogens with two attached hydrogens (primary N) is 1. The summed E-state index contributed by atoms with van der Waals surface area (Å²) in [5.74, 6) is -0.229. The zero-order valence-corrected chi connectivity index (χ0v) is 20.5. The summed E-state index contributed by atoms with van der Waals surface area (Å²) in [5, 5.41) is 16.4. The maximum Gasteiger partial charge on any atom is 0.255 e. The molecule has 3 heterocycles. The monoisotopic (exact) mass is 496 g/mol. The van der Waals surface area contributed by atoms with Crippen molar-refractivity contribution in [3.63, 3.8) is 0 Å². The first-order valence-electron chi connectivity index (χ1n) is 12.1. The van der Waals surface area contributed by atoms with Gasteiger partial charge in [0, 0.05) is 55.3 Å². The first-order chi connectivity index (χ1) is 17.9. The van der Waals surface area contributed by atoms with E-state index in [2.05, 4.69) is 15.4 Å². The summed E-state index contributed by atoms with van der Waals surface area (Å²) in [6.07, 6.45) is 5.82. The van der Waals surface area contributed by atoms with E-state index in [1.807, 2.05) is 61.8 Å². The van der Waals surface area contributed by atoms with E-state index in [-0.39, 0.29) is 30.3 Å². The largest absolute Gasteiger partial charge is 0.392 e. The van der Waals surface area contributed by atoms with E-state index in [0.717, 1.165) is 27.8 Å². The predicted molar refractivity (Wildman–Crippen MR) is 140 cm³/mol. The molecule has 0 bridgehead atoms. The van der Waals surface area contributed by atoms with Crippen molar-refractivity contribution in [2.45, 2.75) is 19.1 Å². The number of hydrogen-bond acceptors (Lipinski definition) is 6. The molecule has 0 radical (unpaired) electrons. The number of likely N-dealkylation sites (tertiary alicyclic amines) is 1. The van der Waals surface area contributed by atoms with E-state index in [0.29, 0.717) is 30.6 Å². The second-order valence-corrected chi connectivity index (χ2v) is 9.20. The highest BCUT2D eigenvalue weighted by Crippen LogP contribution is 2.24. The number of aliphatic hydroxyl groups excluding tert-OH is 1. The smallest absolute Gasteiger partial charge is 0.255 e. The van der Waals surface area contributed by atoms with Gasteiger partial charge < -0.3 is 21.1 Å². The van der Waals surface area contributed by atoms with Crippen molar-refractivity contribution in [1.29, 1.82) is 0 Å². The Balaban J connectivity index is 1.22. The van der Waals surface area contributed by atoms with Crippen LogP contribution in [0.15, 0.2) is 73.2 Å². The third kappa shape index (κ3) is 5.22. The number of nitrogen functional groups attached to an aromatic ring is 1. The van der Waals surface area contributed by atoms with Crippen molar-refractivity contribution < 1.29 is 14.7 Å². The second kappa shape index (κ2) is 10.2. The van der Waals surface area contributed by atoms with Crippen molar-refractivity contribution >= 4 is 17.6 Å². The van der Waals surface area contributed by atoms with E-state index < -0.39 is 0 Å². The number of aryl methyl sites for hydroxylation is 1. The van der Waals surface area contributed by atoms with Crippen molar-refractivity contribution in [2.24, 2.45) is 7.05 Å². The molecule has 1 atom stereocenters. The maximum absolute atomic E-state index is 13.1. The zero-order chi connectivity index (χ0) is 25.9. The molecule has 4 N–H and O–H groups in total. The molecular formula is C28H28N6O3. The molecule has 9 heteroatoms. The molecule has 0 aliphatic carbocycles. The first-order valence-corrected chi connectivity index (χ1v) is 12.1. The molecule has 2 aromatic heterocycles. The highest BCUT2D eigenvalue weighted by atomic mass is 16.3. The van der Waals surface area contributed by atoms with Crippen LogP contribution < -0.4 is 11.1 Å². The van der Waals surface area contributed by atoms with Gasteiger partial charge in [-0.25, -0.2) is 4.98 Å². The number of rotatable bonds is 6. The molecule has 0 saturated carbocycles. The van der Waals surface area contributed by atoms with E-state index in [1.54, 1.807) is 28.0 Å². The minimum absolute atomic E-state index is 0.00701. The summed E-state index contributed by atoms with van der Waals surface area (Å²) in [4.78, 5) is 32.0.